The molecule has 0 saturated heterocycles. The van der Waals surface area contributed by atoms with E-state index in [0.29, 0.717) is 18.3 Å². The van der Waals surface area contributed by atoms with Gasteiger partial charge in [-0.15, -0.1) is 0 Å². The highest BCUT2D eigenvalue weighted by molar-refractivity contribution is 5.66. The molecule has 1 rings (SSSR count). The minimum absolute atomic E-state index is 0.253. The number of rotatable bonds is 11. The molecule has 0 amide bonds. The summed E-state index contributed by atoms with van der Waals surface area (Å²) >= 11 is 0. The van der Waals surface area contributed by atoms with Crippen LogP contribution >= 0.6 is 0 Å². The summed E-state index contributed by atoms with van der Waals surface area (Å²) < 4.78 is 0. The van der Waals surface area contributed by atoms with Gasteiger partial charge in [-0.2, -0.15) is 0 Å². The molecule has 3 nitrogen and oxygen atoms in total. The Hall–Kier alpha value is -1.35. The number of carboxylic acid groups (broad SMARTS) is 1. The fourth-order valence-electron chi connectivity index (χ4n) is 3.12. The molecule has 0 aromatic rings. The zero-order valence-electron chi connectivity index (χ0n) is 14.4. The second-order valence-electron chi connectivity index (χ2n) is 6.42. The van der Waals surface area contributed by atoms with Gasteiger partial charge < -0.3 is 10.2 Å². The lowest BCUT2D eigenvalue weighted by Crippen LogP contribution is -2.06. The number of aliphatic hydroxyl groups is 1. The summed E-state index contributed by atoms with van der Waals surface area (Å²) in [6, 6.07) is 0. The molecule has 2 N–H and O–H groups in total. The van der Waals surface area contributed by atoms with Gasteiger partial charge >= 0.3 is 5.97 Å². The first-order valence-electron chi connectivity index (χ1n) is 9.01. The van der Waals surface area contributed by atoms with Gasteiger partial charge in [0.25, 0.3) is 0 Å². The van der Waals surface area contributed by atoms with Crippen LogP contribution in [0.5, 0.6) is 0 Å². The van der Waals surface area contributed by atoms with Crippen LogP contribution in [0.3, 0.4) is 0 Å². The lowest BCUT2D eigenvalue weighted by molar-refractivity contribution is -0.137. The van der Waals surface area contributed by atoms with Crippen molar-refractivity contribution in [3.05, 3.63) is 36.5 Å². The summed E-state index contributed by atoms with van der Waals surface area (Å²) in [4.78, 5) is 10.4. The molecule has 0 radical (unpaired) electrons. The smallest absolute Gasteiger partial charge is 0.303 e. The lowest BCUT2D eigenvalue weighted by atomic mass is 9.91. The molecule has 130 valence electrons. The fraction of sp³-hybridized carbons (Fsp3) is 0.650. The number of aliphatic hydroxyl groups excluding tert-OH is 1. The summed E-state index contributed by atoms with van der Waals surface area (Å²) in [6.45, 7) is 2.09. The van der Waals surface area contributed by atoms with E-state index in [9.17, 15) is 9.90 Å². The number of hydrogen-bond donors (Lipinski definition) is 2. The third-order valence-corrected chi connectivity index (χ3v) is 4.45. The predicted octanol–water partition coefficient (Wildman–Crippen LogP) is 4.88. The lowest BCUT2D eigenvalue weighted by Gasteiger charge is -2.14. The Labute approximate surface area is 140 Å². The molecular formula is C20H32O3. The number of unbranched alkanes of at least 4 members (excludes halogenated alkanes) is 1. The van der Waals surface area contributed by atoms with Crippen molar-refractivity contribution in [3.8, 4) is 0 Å². The number of carboxylic acids is 1. The van der Waals surface area contributed by atoms with Crippen molar-refractivity contribution in [1.29, 1.82) is 0 Å². The Bertz CT molecular complexity index is 409. The van der Waals surface area contributed by atoms with Gasteiger partial charge in [0, 0.05) is 6.42 Å². The average Bonchev–Trinajstić information content (AvgIpc) is 2.96. The van der Waals surface area contributed by atoms with Crippen LogP contribution in [0.25, 0.3) is 0 Å². The van der Waals surface area contributed by atoms with E-state index in [1.807, 2.05) is 12.2 Å². The standard InChI is InChI=1S/C20H32O3/c1-2-3-6-13-19(21)16-15-18-12-9-11-17(18)10-7-4-5-8-14-20(22)23/h3-4,6-7,15-19,21H,2,5,8-14H2,1H3,(H,22,23)/t17?,18-,19+/m1/s1. The molecule has 1 unspecified atom stereocenters. The first-order valence-corrected chi connectivity index (χ1v) is 9.01. The first-order chi connectivity index (χ1) is 11.1. The summed E-state index contributed by atoms with van der Waals surface area (Å²) in [5.41, 5.74) is 0. The van der Waals surface area contributed by atoms with Gasteiger partial charge in [0.1, 0.15) is 0 Å². The Morgan fingerprint density at radius 2 is 2.04 bits per heavy atom. The highest BCUT2D eigenvalue weighted by Gasteiger charge is 2.23. The van der Waals surface area contributed by atoms with Crippen molar-refractivity contribution in [2.75, 3.05) is 0 Å². The molecule has 0 bridgehead atoms. The van der Waals surface area contributed by atoms with E-state index in [4.69, 9.17) is 5.11 Å². The third kappa shape index (κ3) is 9.39. The number of carbonyl (C=O) groups is 1. The zero-order valence-corrected chi connectivity index (χ0v) is 14.4. The van der Waals surface area contributed by atoms with Crippen LogP contribution in [0, 0.1) is 11.8 Å². The fourth-order valence-corrected chi connectivity index (χ4v) is 3.12. The molecule has 0 aliphatic heterocycles. The number of hydrogen-bond acceptors (Lipinski definition) is 2. The van der Waals surface area contributed by atoms with Crippen LogP contribution in [0.2, 0.25) is 0 Å². The average molecular weight is 320 g/mol. The van der Waals surface area contributed by atoms with Crippen LogP contribution in [0.15, 0.2) is 36.5 Å². The van der Waals surface area contributed by atoms with Crippen LogP contribution in [0.4, 0.5) is 0 Å². The molecule has 1 fully saturated rings. The highest BCUT2D eigenvalue weighted by atomic mass is 16.4. The SMILES string of the molecule is CCC=CC[C@H](O)C=C[C@H]1CCCC1CC=CCCCC(=O)O. The van der Waals surface area contributed by atoms with Crippen molar-refractivity contribution in [2.24, 2.45) is 11.8 Å². The monoisotopic (exact) mass is 320 g/mol. The summed E-state index contributed by atoms with van der Waals surface area (Å²) in [6.07, 6.45) is 20.6. The maximum absolute atomic E-state index is 10.4. The van der Waals surface area contributed by atoms with Crippen LogP contribution in [-0.2, 0) is 4.79 Å². The predicted molar refractivity (Wildman–Crippen MR) is 95.3 cm³/mol. The third-order valence-electron chi connectivity index (χ3n) is 4.45. The topological polar surface area (TPSA) is 57.5 Å². The highest BCUT2D eigenvalue weighted by Crippen LogP contribution is 2.35. The number of allylic oxidation sites excluding steroid dienone is 4. The molecule has 1 saturated carbocycles. The normalized spacial score (nSPS) is 23.4. The molecular weight excluding hydrogens is 288 g/mol. The van der Waals surface area contributed by atoms with Crippen LogP contribution in [-0.4, -0.2) is 22.3 Å². The van der Waals surface area contributed by atoms with E-state index in [1.165, 1.54) is 19.3 Å². The van der Waals surface area contributed by atoms with Gasteiger partial charge in [-0.1, -0.05) is 49.8 Å². The Kier molecular flexibility index (Phi) is 10.4. The molecule has 1 aliphatic carbocycles. The van der Waals surface area contributed by atoms with Crippen molar-refractivity contribution >= 4 is 5.97 Å². The van der Waals surface area contributed by atoms with E-state index in [1.54, 1.807) is 0 Å². The van der Waals surface area contributed by atoms with E-state index >= 15 is 0 Å². The van der Waals surface area contributed by atoms with E-state index in [0.717, 1.165) is 25.7 Å². The maximum Gasteiger partial charge on any atom is 0.303 e. The van der Waals surface area contributed by atoms with E-state index < -0.39 is 5.97 Å². The number of aliphatic carboxylic acids is 1. The summed E-state index contributed by atoms with van der Waals surface area (Å²) in [5, 5.41) is 18.5. The second-order valence-corrected chi connectivity index (χ2v) is 6.42. The van der Waals surface area contributed by atoms with E-state index in [2.05, 4.69) is 31.2 Å². The molecule has 0 aromatic carbocycles. The Balaban J connectivity index is 2.28. The minimum Gasteiger partial charge on any atom is -0.481 e. The molecule has 23 heavy (non-hydrogen) atoms. The molecule has 1 aliphatic rings. The van der Waals surface area contributed by atoms with Crippen molar-refractivity contribution < 1.29 is 15.0 Å². The molecule has 0 heterocycles. The second kappa shape index (κ2) is 12.1. The van der Waals surface area contributed by atoms with Crippen molar-refractivity contribution in [3.63, 3.8) is 0 Å². The van der Waals surface area contributed by atoms with Gasteiger partial charge in [-0.3, -0.25) is 4.79 Å². The largest absolute Gasteiger partial charge is 0.481 e. The minimum atomic E-state index is -0.716. The molecule has 0 aromatic heterocycles. The maximum atomic E-state index is 10.4. The van der Waals surface area contributed by atoms with E-state index in [-0.39, 0.29) is 12.5 Å². The van der Waals surface area contributed by atoms with Gasteiger partial charge in [0.05, 0.1) is 6.10 Å². The summed E-state index contributed by atoms with van der Waals surface area (Å²) in [7, 11) is 0. The summed E-state index contributed by atoms with van der Waals surface area (Å²) in [5.74, 6) is 0.524. The zero-order chi connectivity index (χ0) is 16.9. The van der Waals surface area contributed by atoms with Crippen molar-refractivity contribution in [1.82, 2.24) is 0 Å². The molecule has 3 heteroatoms. The van der Waals surface area contributed by atoms with Gasteiger partial charge in [0.2, 0.25) is 0 Å². The van der Waals surface area contributed by atoms with Gasteiger partial charge in [-0.05, 0) is 56.8 Å². The molecule has 0 spiro atoms. The Morgan fingerprint density at radius 3 is 2.78 bits per heavy atom. The van der Waals surface area contributed by atoms with Gasteiger partial charge in [0.15, 0.2) is 0 Å². The molecule has 3 atom stereocenters. The first kappa shape index (κ1) is 19.7. The van der Waals surface area contributed by atoms with Crippen LogP contribution in [0.1, 0.15) is 64.7 Å². The Morgan fingerprint density at radius 1 is 1.22 bits per heavy atom. The quantitative estimate of drug-likeness (QED) is 0.421. The van der Waals surface area contributed by atoms with Gasteiger partial charge in [-0.25, -0.2) is 0 Å². The van der Waals surface area contributed by atoms with Crippen LogP contribution < -0.4 is 0 Å². The van der Waals surface area contributed by atoms with Crippen molar-refractivity contribution in [2.45, 2.75) is 70.8 Å².